The van der Waals surface area contributed by atoms with E-state index in [-0.39, 0.29) is 6.42 Å². The molecule has 0 spiro atoms. The van der Waals surface area contributed by atoms with Gasteiger partial charge in [0.2, 0.25) is 0 Å². The summed E-state index contributed by atoms with van der Waals surface area (Å²) < 4.78 is 0. The number of carboxylic acid groups (broad SMARTS) is 1. The Morgan fingerprint density at radius 1 is 1.71 bits per heavy atom. The standard InChI is InChI=1S/C9H8N2O2S/c10-6-7-1-3-11-8(5-7)14-4-2-9(12)13/h1,3,5H,2,4H2,(H,12,13). The Balaban J connectivity index is 2.51. The predicted molar refractivity (Wildman–Crippen MR) is 51.9 cm³/mol. The number of thioether (sulfide) groups is 1. The molecule has 0 bridgehead atoms. The Bertz CT molecular complexity index is 373. The van der Waals surface area contributed by atoms with Crippen LogP contribution in [0.5, 0.6) is 0 Å². The van der Waals surface area contributed by atoms with Gasteiger partial charge in [-0.2, -0.15) is 5.26 Å². The monoisotopic (exact) mass is 208 g/mol. The Hall–Kier alpha value is -1.54. The average Bonchev–Trinajstić information content (AvgIpc) is 2.18. The van der Waals surface area contributed by atoms with E-state index < -0.39 is 5.97 Å². The van der Waals surface area contributed by atoms with Gasteiger partial charge in [0.05, 0.1) is 23.1 Å². The molecule has 4 nitrogen and oxygen atoms in total. The van der Waals surface area contributed by atoms with Crippen molar-refractivity contribution in [1.29, 1.82) is 5.26 Å². The number of rotatable bonds is 4. The average molecular weight is 208 g/mol. The number of hydrogen-bond acceptors (Lipinski definition) is 4. The van der Waals surface area contributed by atoms with E-state index in [0.717, 1.165) is 0 Å². The molecule has 0 atom stereocenters. The van der Waals surface area contributed by atoms with Crippen molar-refractivity contribution < 1.29 is 9.90 Å². The van der Waals surface area contributed by atoms with Gasteiger partial charge < -0.3 is 5.11 Å². The van der Waals surface area contributed by atoms with E-state index in [2.05, 4.69) is 4.98 Å². The minimum absolute atomic E-state index is 0.100. The molecule has 0 fully saturated rings. The summed E-state index contributed by atoms with van der Waals surface area (Å²) in [6.45, 7) is 0. The second-order valence-corrected chi connectivity index (χ2v) is 3.60. The summed E-state index contributed by atoms with van der Waals surface area (Å²) in [7, 11) is 0. The van der Waals surface area contributed by atoms with Crippen molar-refractivity contribution in [3.63, 3.8) is 0 Å². The van der Waals surface area contributed by atoms with E-state index in [4.69, 9.17) is 10.4 Å². The van der Waals surface area contributed by atoms with Gasteiger partial charge in [-0.25, -0.2) is 4.98 Å². The lowest BCUT2D eigenvalue weighted by atomic mass is 10.3. The van der Waals surface area contributed by atoms with E-state index in [1.807, 2.05) is 6.07 Å². The van der Waals surface area contributed by atoms with Crippen LogP contribution in [-0.2, 0) is 4.79 Å². The van der Waals surface area contributed by atoms with E-state index in [1.165, 1.54) is 11.8 Å². The van der Waals surface area contributed by atoms with Crippen LogP contribution in [0.25, 0.3) is 0 Å². The molecule has 0 amide bonds. The summed E-state index contributed by atoms with van der Waals surface area (Å²) in [5.41, 5.74) is 0.540. The highest BCUT2D eigenvalue weighted by atomic mass is 32.2. The van der Waals surface area contributed by atoms with Gasteiger partial charge in [-0.1, -0.05) is 0 Å². The van der Waals surface area contributed by atoms with E-state index >= 15 is 0 Å². The second-order valence-electron chi connectivity index (χ2n) is 2.49. The van der Waals surface area contributed by atoms with Gasteiger partial charge in [-0.05, 0) is 12.1 Å². The van der Waals surface area contributed by atoms with Crippen LogP contribution < -0.4 is 0 Å². The van der Waals surface area contributed by atoms with Crippen molar-refractivity contribution in [3.05, 3.63) is 23.9 Å². The summed E-state index contributed by atoms with van der Waals surface area (Å²) in [5.74, 6) is -0.356. The Morgan fingerprint density at radius 3 is 3.14 bits per heavy atom. The van der Waals surface area contributed by atoms with Gasteiger partial charge in [0, 0.05) is 11.9 Å². The fourth-order valence-electron chi connectivity index (χ4n) is 0.801. The Kier molecular flexibility index (Phi) is 3.95. The summed E-state index contributed by atoms with van der Waals surface area (Å²) >= 11 is 1.34. The zero-order chi connectivity index (χ0) is 10.4. The maximum Gasteiger partial charge on any atom is 0.304 e. The summed E-state index contributed by atoms with van der Waals surface area (Å²) in [6, 6.07) is 5.25. The summed E-state index contributed by atoms with van der Waals surface area (Å²) in [4.78, 5) is 14.2. The first-order valence-corrected chi connectivity index (χ1v) is 4.91. The Morgan fingerprint density at radius 2 is 2.50 bits per heavy atom. The van der Waals surface area contributed by atoms with E-state index in [0.29, 0.717) is 16.3 Å². The summed E-state index contributed by atoms with van der Waals surface area (Å²) in [5, 5.41) is 17.7. The van der Waals surface area contributed by atoms with Crippen molar-refractivity contribution in [2.24, 2.45) is 0 Å². The van der Waals surface area contributed by atoms with Crippen LogP contribution in [0.4, 0.5) is 0 Å². The third-order valence-electron chi connectivity index (χ3n) is 1.43. The number of nitrogens with zero attached hydrogens (tertiary/aromatic N) is 2. The van der Waals surface area contributed by atoms with Gasteiger partial charge in [0.1, 0.15) is 0 Å². The summed E-state index contributed by atoms with van der Waals surface area (Å²) in [6.07, 6.45) is 1.64. The first-order chi connectivity index (χ1) is 6.72. The molecule has 1 aromatic heterocycles. The predicted octanol–water partition coefficient (Wildman–Crippen LogP) is 1.52. The number of carbonyl (C=O) groups is 1. The molecule has 0 aliphatic rings. The molecule has 72 valence electrons. The smallest absolute Gasteiger partial charge is 0.304 e. The highest BCUT2D eigenvalue weighted by Gasteiger charge is 2.00. The number of nitriles is 1. The molecular formula is C9H8N2O2S. The zero-order valence-corrected chi connectivity index (χ0v) is 8.12. The SMILES string of the molecule is N#Cc1ccnc(SCCC(=O)O)c1. The molecule has 0 aromatic carbocycles. The molecule has 5 heteroatoms. The molecule has 0 saturated heterocycles. The molecule has 1 N–H and O–H groups in total. The van der Waals surface area contributed by atoms with Gasteiger partial charge >= 0.3 is 5.97 Å². The molecule has 0 unspecified atom stereocenters. The highest BCUT2D eigenvalue weighted by Crippen LogP contribution is 2.16. The zero-order valence-electron chi connectivity index (χ0n) is 7.30. The molecule has 0 aliphatic heterocycles. The van der Waals surface area contributed by atoms with Crippen LogP contribution in [0, 0.1) is 11.3 Å². The molecule has 1 heterocycles. The quantitative estimate of drug-likeness (QED) is 0.759. The minimum Gasteiger partial charge on any atom is -0.481 e. The van der Waals surface area contributed by atoms with Gasteiger partial charge in [0.25, 0.3) is 0 Å². The first-order valence-electron chi connectivity index (χ1n) is 3.93. The van der Waals surface area contributed by atoms with E-state index in [9.17, 15) is 4.79 Å². The van der Waals surface area contributed by atoms with E-state index in [1.54, 1.807) is 18.3 Å². The molecule has 0 saturated carbocycles. The molecule has 0 aliphatic carbocycles. The van der Waals surface area contributed by atoms with Crippen molar-refractivity contribution in [2.75, 3.05) is 5.75 Å². The second kappa shape index (κ2) is 5.25. The maximum atomic E-state index is 10.2. The van der Waals surface area contributed by atoms with Crippen LogP contribution in [0.1, 0.15) is 12.0 Å². The number of hydrogen-bond donors (Lipinski definition) is 1. The van der Waals surface area contributed by atoms with Crippen molar-refractivity contribution in [1.82, 2.24) is 4.98 Å². The van der Waals surface area contributed by atoms with Gasteiger partial charge in [-0.3, -0.25) is 4.79 Å². The lowest BCUT2D eigenvalue weighted by Crippen LogP contribution is -1.96. The topological polar surface area (TPSA) is 74.0 Å². The van der Waals surface area contributed by atoms with Gasteiger partial charge in [0.15, 0.2) is 0 Å². The number of pyridine rings is 1. The first kappa shape index (κ1) is 10.5. The lowest BCUT2D eigenvalue weighted by Gasteiger charge is -1.98. The third-order valence-corrected chi connectivity index (χ3v) is 2.36. The fourth-order valence-corrected chi connectivity index (χ4v) is 1.63. The molecule has 0 radical (unpaired) electrons. The Labute approximate surface area is 85.6 Å². The van der Waals surface area contributed by atoms with Crippen LogP contribution >= 0.6 is 11.8 Å². The van der Waals surface area contributed by atoms with Crippen LogP contribution in [0.15, 0.2) is 23.4 Å². The van der Waals surface area contributed by atoms with Gasteiger partial charge in [-0.15, -0.1) is 11.8 Å². The van der Waals surface area contributed by atoms with Crippen molar-refractivity contribution >= 4 is 17.7 Å². The third kappa shape index (κ3) is 3.46. The van der Waals surface area contributed by atoms with Crippen LogP contribution in [0.3, 0.4) is 0 Å². The van der Waals surface area contributed by atoms with Crippen molar-refractivity contribution in [3.8, 4) is 6.07 Å². The number of aliphatic carboxylic acids is 1. The number of aromatic nitrogens is 1. The largest absolute Gasteiger partial charge is 0.481 e. The minimum atomic E-state index is -0.825. The van der Waals surface area contributed by atoms with Crippen molar-refractivity contribution in [2.45, 2.75) is 11.4 Å². The lowest BCUT2D eigenvalue weighted by molar-refractivity contribution is -0.136. The molecule has 1 aromatic rings. The normalized spacial score (nSPS) is 9.36. The molecule has 1 rings (SSSR count). The molecule has 14 heavy (non-hydrogen) atoms. The maximum absolute atomic E-state index is 10.2. The van der Waals surface area contributed by atoms with Crippen LogP contribution in [-0.4, -0.2) is 21.8 Å². The fraction of sp³-hybridized carbons (Fsp3) is 0.222. The molecular weight excluding hydrogens is 200 g/mol. The number of carboxylic acids is 1. The van der Waals surface area contributed by atoms with Crippen LogP contribution in [0.2, 0.25) is 0 Å². The highest BCUT2D eigenvalue weighted by molar-refractivity contribution is 7.99.